The molecule has 15 heavy (non-hydrogen) atoms. The predicted molar refractivity (Wildman–Crippen MR) is 60.5 cm³/mol. The maximum atomic E-state index is 11.9. The van der Waals surface area contributed by atoms with Crippen LogP contribution in [-0.4, -0.2) is 25.2 Å². The number of carbonyl (C=O) groups excluding carboxylic acids is 1. The Balaban J connectivity index is 2.64. The van der Waals surface area contributed by atoms with Gasteiger partial charge < -0.3 is 0 Å². The van der Waals surface area contributed by atoms with Crippen LogP contribution < -0.4 is 0 Å². The van der Waals surface area contributed by atoms with Crippen molar-refractivity contribution in [2.45, 2.75) is 51.2 Å². The van der Waals surface area contributed by atoms with Gasteiger partial charge >= 0.3 is 0 Å². The zero-order chi connectivity index (χ0) is 11.5. The molecule has 0 N–H and O–H groups in total. The molecule has 88 valence electrons. The van der Waals surface area contributed by atoms with Crippen molar-refractivity contribution in [3.05, 3.63) is 0 Å². The van der Waals surface area contributed by atoms with Crippen LogP contribution in [0.4, 0.5) is 0 Å². The van der Waals surface area contributed by atoms with Crippen molar-refractivity contribution in [2.24, 2.45) is 5.92 Å². The zero-order valence-electron chi connectivity index (χ0n) is 9.53. The van der Waals surface area contributed by atoms with Crippen LogP contribution in [0.5, 0.6) is 0 Å². The van der Waals surface area contributed by atoms with E-state index in [0.29, 0.717) is 12.3 Å². The molecule has 1 fully saturated rings. The van der Waals surface area contributed by atoms with E-state index in [1.54, 1.807) is 6.92 Å². The van der Waals surface area contributed by atoms with Gasteiger partial charge in [0.15, 0.2) is 9.84 Å². The van der Waals surface area contributed by atoms with E-state index in [1.165, 1.54) is 0 Å². The van der Waals surface area contributed by atoms with Crippen LogP contribution in [0.1, 0.15) is 46.0 Å². The van der Waals surface area contributed by atoms with Gasteiger partial charge in [-0.05, 0) is 18.8 Å². The Morgan fingerprint density at radius 1 is 1.33 bits per heavy atom. The quantitative estimate of drug-likeness (QED) is 0.744. The topological polar surface area (TPSA) is 51.2 Å². The van der Waals surface area contributed by atoms with Crippen molar-refractivity contribution in [1.29, 1.82) is 0 Å². The van der Waals surface area contributed by atoms with Crippen LogP contribution in [0, 0.1) is 5.92 Å². The molecule has 1 aliphatic carbocycles. The number of hydrogen-bond donors (Lipinski definition) is 0. The first-order valence-corrected chi connectivity index (χ1v) is 7.40. The molecule has 0 heterocycles. The second-order valence-electron chi connectivity index (χ2n) is 4.59. The van der Waals surface area contributed by atoms with Gasteiger partial charge in [0.2, 0.25) is 0 Å². The third kappa shape index (κ3) is 3.59. The molecule has 0 saturated heterocycles. The van der Waals surface area contributed by atoms with E-state index in [-0.39, 0.29) is 16.8 Å². The minimum absolute atomic E-state index is 0.159. The van der Waals surface area contributed by atoms with Crippen LogP contribution in [-0.2, 0) is 14.6 Å². The highest BCUT2D eigenvalue weighted by atomic mass is 32.2. The Morgan fingerprint density at radius 2 is 2.00 bits per heavy atom. The van der Waals surface area contributed by atoms with Crippen molar-refractivity contribution >= 4 is 15.6 Å². The van der Waals surface area contributed by atoms with E-state index in [1.807, 2.05) is 0 Å². The Morgan fingerprint density at radius 3 is 2.53 bits per heavy atom. The van der Waals surface area contributed by atoms with Gasteiger partial charge in [0.1, 0.15) is 11.5 Å². The van der Waals surface area contributed by atoms with Gasteiger partial charge in [0.05, 0.1) is 5.25 Å². The first kappa shape index (κ1) is 12.7. The zero-order valence-corrected chi connectivity index (χ0v) is 10.3. The lowest BCUT2D eigenvalue weighted by atomic mass is 9.91. The molecule has 0 radical (unpaired) electrons. The fourth-order valence-electron chi connectivity index (χ4n) is 2.15. The fourth-order valence-corrected chi connectivity index (χ4v) is 4.19. The Kier molecular flexibility index (Phi) is 4.32. The Labute approximate surface area is 92.2 Å². The number of ketones is 1. The second-order valence-corrected chi connectivity index (χ2v) is 6.87. The Bertz CT molecular complexity index is 319. The highest BCUT2D eigenvalue weighted by molar-refractivity contribution is 7.92. The highest BCUT2D eigenvalue weighted by Gasteiger charge is 2.31. The number of sulfone groups is 1. The monoisotopic (exact) mass is 232 g/mol. The molecule has 1 aliphatic rings. The van der Waals surface area contributed by atoms with E-state index in [4.69, 9.17) is 0 Å². The second kappa shape index (κ2) is 5.10. The minimum atomic E-state index is -3.18. The summed E-state index contributed by atoms with van der Waals surface area (Å²) in [4.78, 5) is 11.2. The molecule has 0 aromatic rings. The summed E-state index contributed by atoms with van der Waals surface area (Å²) in [7, 11) is -3.18. The Hall–Kier alpha value is -0.380. The summed E-state index contributed by atoms with van der Waals surface area (Å²) in [6.07, 6.45) is 3.89. The molecule has 2 unspecified atom stereocenters. The average molecular weight is 232 g/mol. The van der Waals surface area contributed by atoms with E-state index in [9.17, 15) is 13.2 Å². The molecule has 0 aromatic carbocycles. The normalized spacial score (nSPS) is 27.6. The standard InChI is InChI=1S/C11H20O3S/c1-3-10(12)8-15(13,14)11-6-4-5-9(2)7-11/h9,11H,3-8H2,1-2H3. The molecule has 0 aliphatic heterocycles. The van der Waals surface area contributed by atoms with Crippen molar-refractivity contribution < 1.29 is 13.2 Å². The molecule has 2 atom stereocenters. The lowest BCUT2D eigenvalue weighted by Crippen LogP contribution is -2.31. The largest absolute Gasteiger partial charge is 0.299 e. The van der Waals surface area contributed by atoms with Crippen LogP contribution in [0.2, 0.25) is 0 Å². The summed E-state index contributed by atoms with van der Waals surface area (Å²) in [6, 6.07) is 0. The van der Waals surface area contributed by atoms with Gasteiger partial charge in [0, 0.05) is 6.42 Å². The first-order valence-electron chi connectivity index (χ1n) is 5.69. The molecule has 1 saturated carbocycles. The molecular weight excluding hydrogens is 212 g/mol. The third-order valence-corrected chi connectivity index (χ3v) is 5.32. The summed E-state index contributed by atoms with van der Waals surface area (Å²) >= 11 is 0. The van der Waals surface area contributed by atoms with Crippen LogP contribution in [0.3, 0.4) is 0 Å². The molecule has 4 heteroatoms. The lowest BCUT2D eigenvalue weighted by molar-refractivity contribution is -0.116. The van der Waals surface area contributed by atoms with Gasteiger partial charge in [-0.1, -0.05) is 26.7 Å². The number of carbonyl (C=O) groups is 1. The number of rotatable bonds is 4. The van der Waals surface area contributed by atoms with Gasteiger partial charge in [-0.15, -0.1) is 0 Å². The van der Waals surface area contributed by atoms with Gasteiger partial charge in [-0.3, -0.25) is 4.79 Å². The van der Waals surface area contributed by atoms with Crippen LogP contribution in [0.15, 0.2) is 0 Å². The van der Waals surface area contributed by atoms with Gasteiger partial charge in [0.25, 0.3) is 0 Å². The molecule has 1 rings (SSSR count). The third-order valence-electron chi connectivity index (χ3n) is 3.15. The lowest BCUT2D eigenvalue weighted by Gasteiger charge is -2.26. The van der Waals surface area contributed by atoms with Gasteiger partial charge in [-0.25, -0.2) is 8.42 Å². The molecule has 0 bridgehead atoms. The van der Waals surface area contributed by atoms with Crippen molar-refractivity contribution in [3.8, 4) is 0 Å². The minimum Gasteiger partial charge on any atom is -0.299 e. The maximum absolute atomic E-state index is 11.9. The maximum Gasteiger partial charge on any atom is 0.160 e. The summed E-state index contributed by atoms with van der Waals surface area (Å²) in [6.45, 7) is 3.80. The van der Waals surface area contributed by atoms with E-state index >= 15 is 0 Å². The molecule has 0 spiro atoms. The van der Waals surface area contributed by atoms with Crippen LogP contribution >= 0.6 is 0 Å². The number of hydrogen-bond acceptors (Lipinski definition) is 3. The van der Waals surface area contributed by atoms with E-state index < -0.39 is 9.84 Å². The van der Waals surface area contributed by atoms with Crippen molar-refractivity contribution in [2.75, 3.05) is 5.75 Å². The predicted octanol–water partition coefficient (Wildman–Crippen LogP) is 1.96. The van der Waals surface area contributed by atoms with E-state index in [0.717, 1.165) is 25.7 Å². The van der Waals surface area contributed by atoms with Crippen LogP contribution in [0.25, 0.3) is 0 Å². The molecule has 0 aromatic heterocycles. The van der Waals surface area contributed by atoms with Gasteiger partial charge in [-0.2, -0.15) is 0 Å². The molecular formula is C11H20O3S. The van der Waals surface area contributed by atoms with Crippen molar-refractivity contribution in [3.63, 3.8) is 0 Å². The average Bonchev–Trinajstić information content (AvgIpc) is 2.17. The number of Topliss-reactive ketones (excluding diaryl/α,β-unsaturated/α-hetero) is 1. The SMILES string of the molecule is CCC(=O)CS(=O)(=O)C1CCCC(C)C1. The molecule has 0 amide bonds. The van der Waals surface area contributed by atoms with Crippen molar-refractivity contribution in [1.82, 2.24) is 0 Å². The van der Waals surface area contributed by atoms with E-state index in [2.05, 4.69) is 6.92 Å². The summed E-state index contributed by atoms with van der Waals surface area (Å²) < 4.78 is 23.8. The molecule has 3 nitrogen and oxygen atoms in total. The summed E-state index contributed by atoms with van der Waals surface area (Å²) in [5.74, 6) is 0.0735. The smallest absolute Gasteiger partial charge is 0.160 e. The fraction of sp³-hybridized carbons (Fsp3) is 0.909. The summed E-state index contributed by atoms with van der Waals surface area (Å²) in [5.41, 5.74) is 0. The summed E-state index contributed by atoms with van der Waals surface area (Å²) in [5, 5.41) is -0.267. The first-order chi connectivity index (χ1) is 6.95. The highest BCUT2D eigenvalue weighted by Crippen LogP contribution is 2.28.